The second-order valence-corrected chi connectivity index (χ2v) is 12.0. The van der Waals surface area contributed by atoms with E-state index in [-0.39, 0.29) is 23.6 Å². The summed E-state index contributed by atoms with van der Waals surface area (Å²) in [5.74, 6) is 1.95. The smallest absolute Gasteiger partial charge is 0.338 e. The van der Waals surface area contributed by atoms with Gasteiger partial charge in [-0.25, -0.2) is 4.79 Å². The van der Waals surface area contributed by atoms with Gasteiger partial charge >= 0.3 is 11.9 Å². The molecule has 0 unspecified atom stereocenters. The van der Waals surface area contributed by atoms with E-state index in [1.165, 1.54) is 12.8 Å². The third-order valence-corrected chi connectivity index (χ3v) is 10.3. The number of carboxylic acid groups (broad SMARTS) is 1. The molecule has 5 nitrogen and oxygen atoms in total. The molecule has 0 bridgehead atoms. The minimum Gasteiger partial charge on any atom is -0.481 e. The van der Waals surface area contributed by atoms with Crippen LogP contribution in [-0.2, 0) is 14.3 Å². The number of hydrogen-bond acceptors (Lipinski definition) is 4. The minimum absolute atomic E-state index is 0.0852. The molecule has 0 aromatic heterocycles. The molecule has 7 atom stereocenters. The number of ether oxygens (including phenoxy) is 1. The van der Waals surface area contributed by atoms with Crippen LogP contribution in [0.5, 0.6) is 0 Å². The summed E-state index contributed by atoms with van der Waals surface area (Å²) in [6.45, 7) is 7.37. The van der Waals surface area contributed by atoms with Crippen molar-refractivity contribution in [3.63, 3.8) is 0 Å². The summed E-state index contributed by atoms with van der Waals surface area (Å²) in [7, 11) is 0. The lowest BCUT2D eigenvalue weighted by Crippen LogP contribution is -2.52. The molecule has 192 valence electrons. The van der Waals surface area contributed by atoms with Crippen molar-refractivity contribution < 1.29 is 24.2 Å². The summed E-state index contributed by atoms with van der Waals surface area (Å²) >= 11 is 0. The SMILES string of the molecule is C[C@H](CCCOC(=O)c1ccccc1)[C@H]1CC[C@H]2[C@@H]3CCC(=O)[C@](C)(CCC(=O)O)[C@H]3CC[C@]12C. The number of ketones is 1. The Morgan fingerprint density at radius 3 is 2.54 bits per heavy atom. The second-order valence-electron chi connectivity index (χ2n) is 12.0. The average Bonchev–Trinajstić information content (AvgIpc) is 3.20. The maximum absolute atomic E-state index is 13.0. The molecule has 3 aliphatic rings. The lowest BCUT2D eigenvalue weighted by molar-refractivity contribution is -0.148. The van der Waals surface area contributed by atoms with Crippen molar-refractivity contribution in [2.24, 2.45) is 40.4 Å². The number of hydrogen-bond donors (Lipinski definition) is 1. The zero-order chi connectivity index (χ0) is 25.2. The maximum atomic E-state index is 13.0. The van der Waals surface area contributed by atoms with Gasteiger partial charge in [0, 0.05) is 18.3 Å². The number of carbonyl (C=O) groups excluding carboxylic acids is 2. The van der Waals surface area contributed by atoms with Gasteiger partial charge in [-0.1, -0.05) is 39.0 Å². The molecule has 0 amide bonds. The van der Waals surface area contributed by atoms with E-state index < -0.39 is 11.4 Å². The fourth-order valence-electron chi connectivity index (χ4n) is 8.37. The van der Waals surface area contributed by atoms with E-state index in [9.17, 15) is 19.5 Å². The Bertz CT molecular complexity index is 926. The highest BCUT2D eigenvalue weighted by Crippen LogP contribution is 2.65. The summed E-state index contributed by atoms with van der Waals surface area (Å²) in [6, 6.07) is 9.16. The van der Waals surface area contributed by atoms with E-state index in [1.807, 2.05) is 18.2 Å². The molecular weight excluding hydrogens is 440 g/mol. The lowest BCUT2D eigenvalue weighted by Gasteiger charge is -2.56. The number of aliphatic carboxylic acids is 1. The molecule has 3 saturated carbocycles. The van der Waals surface area contributed by atoms with Gasteiger partial charge in [0.05, 0.1) is 12.2 Å². The fraction of sp³-hybridized carbons (Fsp3) is 0.700. The summed E-state index contributed by atoms with van der Waals surface area (Å²) in [5.41, 5.74) is 0.412. The molecule has 0 radical (unpaired) electrons. The van der Waals surface area contributed by atoms with E-state index in [2.05, 4.69) is 20.8 Å². The van der Waals surface area contributed by atoms with Crippen LogP contribution in [0, 0.1) is 40.4 Å². The van der Waals surface area contributed by atoms with Gasteiger partial charge in [-0.2, -0.15) is 0 Å². The van der Waals surface area contributed by atoms with Gasteiger partial charge in [0.15, 0.2) is 0 Å². The van der Waals surface area contributed by atoms with Crippen LogP contribution in [0.1, 0.15) is 95.3 Å². The van der Waals surface area contributed by atoms with E-state index in [1.54, 1.807) is 12.1 Å². The highest BCUT2D eigenvalue weighted by atomic mass is 16.5. The summed E-state index contributed by atoms with van der Waals surface area (Å²) < 4.78 is 5.50. The highest BCUT2D eigenvalue weighted by Gasteiger charge is 2.59. The number of carboxylic acids is 1. The van der Waals surface area contributed by atoms with Crippen LogP contribution in [0.2, 0.25) is 0 Å². The molecule has 0 heterocycles. The number of Topliss-reactive ketones (excluding diaryl/α,β-unsaturated/α-hetero) is 1. The van der Waals surface area contributed by atoms with Crippen molar-refractivity contribution in [3.05, 3.63) is 35.9 Å². The van der Waals surface area contributed by atoms with Crippen LogP contribution in [0.3, 0.4) is 0 Å². The first-order chi connectivity index (χ1) is 16.7. The summed E-state index contributed by atoms with van der Waals surface area (Å²) in [4.78, 5) is 36.5. The number of carbonyl (C=O) groups is 3. The molecule has 1 aromatic rings. The third kappa shape index (κ3) is 5.06. The highest BCUT2D eigenvalue weighted by molar-refractivity contribution is 5.89. The number of benzene rings is 1. The van der Waals surface area contributed by atoms with Crippen molar-refractivity contribution in [1.29, 1.82) is 0 Å². The van der Waals surface area contributed by atoms with Gasteiger partial charge in [0.1, 0.15) is 5.78 Å². The van der Waals surface area contributed by atoms with Crippen molar-refractivity contribution in [2.75, 3.05) is 6.61 Å². The van der Waals surface area contributed by atoms with Crippen LogP contribution in [0.25, 0.3) is 0 Å². The van der Waals surface area contributed by atoms with E-state index in [0.29, 0.717) is 54.6 Å². The number of esters is 1. The first-order valence-electron chi connectivity index (χ1n) is 13.6. The quantitative estimate of drug-likeness (QED) is 0.319. The normalized spacial score (nSPS) is 35.1. The Morgan fingerprint density at radius 1 is 1.09 bits per heavy atom. The lowest BCUT2D eigenvalue weighted by atomic mass is 9.48. The number of rotatable bonds is 9. The molecule has 1 N–H and O–H groups in total. The van der Waals surface area contributed by atoms with Crippen LogP contribution in [-0.4, -0.2) is 29.4 Å². The van der Waals surface area contributed by atoms with Gasteiger partial charge < -0.3 is 9.84 Å². The van der Waals surface area contributed by atoms with Gasteiger partial charge in [-0.15, -0.1) is 0 Å². The monoisotopic (exact) mass is 482 g/mol. The van der Waals surface area contributed by atoms with Crippen LogP contribution < -0.4 is 0 Å². The van der Waals surface area contributed by atoms with Crippen LogP contribution >= 0.6 is 0 Å². The number of fused-ring (bicyclic) bond motifs is 3. The summed E-state index contributed by atoms with van der Waals surface area (Å²) in [6.07, 6.45) is 8.70. The van der Waals surface area contributed by atoms with Crippen molar-refractivity contribution >= 4 is 17.7 Å². The maximum Gasteiger partial charge on any atom is 0.338 e. The standard InChI is InChI=1S/C30H42O5/c1-20(8-7-19-35-28(34)21-9-5-4-6-10-21)23-12-13-24-22-11-14-26(31)30(3,18-16-27(32)33)25(22)15-17-29(23,24)2/h4-6,9-10,20,22-25H,7-8,11-19H2,1-3H3,(H,32,33)/t20-,22+,23-,24+,25+,29-,30-/m1/s1. The van der Waals surface area contributed by atoms with Gasteiger partial charge in [0.2, 0.25) is 0 Å². The molecule has 35 heavy (non-hydrogen) atoms. The van der Waals surface area contributed by atoms with Crippen molar-refractivity contribution in [1.82, 2.24) is 0 Å². The Labute approximate surface area is 210 Å². The second kappa shape index (κ2) is 10.4. The minimum atomic E-state index is -0.800. The molecule has 3 fully saturated rings. The predicted molar refractivity (Wildman–Crippen MR) is 135 cm³/mol. The predicted octanol–water partition coefficient (Wildman–Crippen LogP) is 6.55. The molecule has 0 saturated heterocycles. The molecule has 1 aromatic carbocycles. The first kappa shape index (κ1) is 25.9. The topological polar surface area (TPSA) is 80.7 Å². The first-order valence-corrected chi connectivity index (χ1v) is 13.6. The molecule has 5 heteroatoms. The molecular formula is C30H42O5. The van der Waals surface area contributed by atoms with Crippen LogP contribution in [0.15, 0.2) is 30.3 Å². The van der Waals surface area contributed by atoms with E-state index >= 15 is 0 Å². The van der Waals surface area contributed by atoms with Gasteiger partial charge in [0.25, 0.3) is 0 Å². The molecule has 4 rings (SSSR count). The molecule has 3 aliphatic carbocycles. The fourth-order valence-corrected chi connectivity index (χ4v) is 8.37. The van der Waals surface area contributed by atoms with Gasteiger partial charge in [-0.3, -0.25) is 9.59 Å². The van der Waals surface area contributed by atoms with Crippen LogP contribution in [0.4, 0.5) is 0 Å². The summed E-state index contributed by atoms with van der Waals surface area (Å²) in [5, 5.41) is 9.27. The third-order valence-electron chi connectivity index (χ3n) is 10.3. The average molecular weight is 483 g/mol. The van der Waals surface area contributed by atoms with Crippen molar-refractivity contribution in [2.45, 2.75) is 85.0 Å². The molecule has 0 aliphatic heterocycles. The Balaban J connectivity index is 1.34. The van der Waals surface area contributed by atoms with E-state index in [4.69, 9.17) is 4.74 Å². The van der Waals surface area contributed by atoms with Crippen molar-refractivity contribution in [3.8, 4) is 0 Å². The van der Waals surface area contributed by atoms with E-state index in [0.717, 1.165) is 32.1 Å². The Morgan fingerprint density at radius 2 is 1.83 bits per heavy atom. The largest absolute Gasteiger partial charge is 0.481 e. The Hall–Kier alpha value is -2.17. The Kier molecular flexibility index (Phi) is 7.73. The zero-order valence-electron chi connectivity index (χ0n) is 21.6. The van der Waals surface area contributed by atoms with Gasteiger partial charge in [-0.05, 0) is 98.5 Å². The molecule has 0 spiro atoms. The zero-order valence-corrected chi connectivity index (χ0v) is 21.6.